The predicted octanol–water partition coefficient (Wildman–Crippen LogP) is 2.69. The maximum Gasteiger partial charge on any atom is 0.253 e. The topological polar surface area (TPSA) is 54.5 Å². The van der Waals surface area contributed by atoms with Gasteiger partial charge in [-0.25, -0.2) is 13.8 Å². The van der Waals surface area contributed by atoms with E-state index in [4.69, 9.17) is 4.74 Å². The minimum Gasteiger partial charge on any atom is -0.378 e. The van der Waals surface area contributed by atoms with Crippen LogP contribution < -0.4 is 10.2 Å². The van der Waals surface area contributed by atoms with E-state index in [-0.39, 0.29) is 5.91 Å². The summed E-state index contributed by atoms with van der Waals surface area (Å²) in [6, 6.07) is 6.62. The Kier molecular flexibility index (Phi) is 5.23. The first-order chi connectivity index (χ1) is 12.0. The second-order valence-electron chi connectivity index (χ2n) is 5.87. The highest BCUT2D eigenvalue weighted by Gasteiger charge is 2.16. The quantitative estimate of drug-likeness (QED) is 0.924. The molecular weight excluding hydrogens is 328 g/mol. The molecule has 0 radical (unpaired) electrons. The summed E-state index contributed by atoms with van der Waals surface area (Å²) < 4.78 is 31.6. The number of anilines is 1. The first kappa shape index (κ1) is 17.3. The lowest BCUT2D eigenvalue weighted by Crippen LogP contribution is -2.36. The number of amides is 1. The Morgan fingerprint density at radius 1 is 1.20 bits per heavy atom. The van der Waals surface area contributed by atoms with Crippen molar-refractivity contribution in [1.29, 1.82) is 0 Å². The molecule has 0 spiro atoms. The number of carbonyl (C=O) groups excluding carboxylic acids is 1. The Morgan fingerprint density at radius 2 is 1.96 bits per heavy atom. The zero-order valence-corrected chi connectivity index (χ0v) is 13.8. The van der Waals surface area contributed by atoms with Crippen molar-refractivity contribution in [2.45, 2.75) is 13.0 Å². The molecule has 1 atom stereocenters. The molecule has 0 aliphatic carbocycles. The van der Waals surface area contributed by atoms with Crippen molar-refractivity contribution in [2.24, 2.45) is 0 Å². The molecule has 1 aromatic carbocycles. The van der Waals surface area contributed by atoms with Gasteiger partial charge in [0.1, 0.15) is 5.82 Å². The summed E-state index contributed by atoms with van der Waals surface area (Å²) in [5.41, 5.74) is 0.900. The predicted molar refractivity (Wildman–Crippen MR) is 89.5 cm³/mol. The van der Waals surface area contributed by atoms with Gasteiger partial charge in [0.25, 0.3) is 5.91 Å². The van der Waals surface area contributed by atoms with Crippen molar-refractivity contribution in [1.82, 2.24) is 10.3 Å². The fourth-order valence-electron chi connectivity index (χ4n) is 2.64. The molecular formula is C18H19F2N3O2. The van der Waals surface area contributed by atoms with E-state index in [1.54, 1.807) is 19.1 Å². The largest absolute Gasteiger partial charge is 0.378 e. The van der Waals surface area contributed by atoms with Crippen LogP contribution in [0.25, 0.3) is 0 Å². The van der Waals surface area contributed by atoms with Crippen molar-refractivity contribution < 1.29 is 18.3 Å². The molecule has 2 heterocycles. The molecule has 7 heteroatoms. The first-order valence-corrected chi connectivity index (χ1v) is 8.09. The van der Waals surface area contributed by atoms with Crippen LogP contribution >= 0.6 is 0 Å². The number of pyridine rings is 1. The molecule has 1 aromatic heterocycles. The summed E-state index contributed by atoms with van der Waals surface area (Å²) in [4.78, 5) is 18.7. The number of benzene rings is 1. The fraction of sp³-hybridized carbons (Fsp3) is 0.333. The van der Waals surface area contributed by atoms with Gasteiger partial charge in [-0.1, -0.05) is 6.07 Å². The molecule has 1 amide bonds. The average Bonchev–Trinajstić information content (AvgIpc) is 2.64. The Balaban J connectivity index is 1.65. The number of aromatic nitrogens is 1. The van der Waals surface area contributed by atoms with Crippen LogP contribution in [0.2, 0.25) is 0 Å². The van der Waals surface area contributed by atoms with Crippen LogP contribution in [0.4, 0.5) is 14.6 Å². The van der Waals surface area contributed by atoms with E-state index in [0.717, 1.165) is 31.0 Å². The molecule has 0 saturated carbocycles. The average molecular weight is 347 g/mol. The number of hydrogen-bond acceptors (Lipinski definition) is 4. The number of nitrogens with one attached hydrogen (secondary N) is 1. The zero-order valence-electron chi connectivity index (χ0n) is 13.8. The Labute approximate surface area is 144 Å². The minimum absolute atomic E-state index is 0.321. The second-order valence-corrected chi connectivity index (χ2v) is 5.87. The van der Waals surface area contributed by atoms with Gasteiger partial charge < -0.3 is 15.0 Å². The zero-order chi connectivity index (χ0) is 17.8. The van der Waals surface area contributed by atoms with E-state index >= 15 is 0 Å². The SMILES string of the molecule is CC(NC(=O)c1ccc(N2CCOCC2)nc1)c1ccc(F)c(F)c1. The maximum absolute atomic E-state index is 13.3. The molecule has 1 aliphatic heterocycles. The van der Waals surface area contributed by atoms with Gasteiger partial charge in [-0.05, 0) is 36.8 Å². The van der Waals surface area contributed by atoms with Gasteiger partial charge in [0, 0.05) is 19.3 Å². The molecule has 1 unspecified atom stereocenters. The number of hydrogen-bond donors (Lipinski definition) is 1. The Hall–Kier alpha value is -2.54. The molecule has 1 saturated heterocycles. The van der Waals surface area contributed by atoms with E-state index < -0.39 is 17.7 Å². The summed E-state index contributed by atoms with van der Waals surface area (Å²) in [5, 5.41) is 2.76. The second kappa shape index (κ2) is 7.57. The van der Waals surface area contributed by atoms with Crippen LogP contribution in [0.3, 0.4) is 0 Å². The van der Waals surface area contributed by atoms with Gasteiger partial charge in [-0.15, -0.1) is 0 Å². The summed E-state index contributed by atoms with van der Waals surface area (Å²) in [6.07, 6.45) is 1.51. The minimum atomic E-state index is -0.935. The highest BCUT2D eigenvalue weighted by Crippen LogP contribution is 2.17. The smallest absolute Gasteiger partial charge is 0.253 e. The van der Waals surface area contributed by atoms with Gasteiger partial charge >= 0.3 is 0 Å². The van der Waals surface area contributed by atoms with Crippen molar-refractivity contribution in [3.63, 3.8) is 0 Å². The van der Waals surface area contributed by atoms with Crippen LogP contribution in [-0.2, 0) is 4.74 Å². The normalized spacial score (nSPS) is 15.7. The lowest BCUT2D eigenvalue weighted by molar-refractivity contribution is 0.0939. The number of ether oxygens (including phenoxy) is 1. The molecule has 3 rings (SSSR count). The standard InChI is InChI=1S/C18H19F2N3O2/c1-12(13-2-4-15(19)16(20)10-13)22-18(24)14-3-5-17(21-11-14)23-6-8-25-9-7-23/h2-5,10-12H,6-9H2,1H3,(H,22,24). The van der Waals surface area contributed by atoms with Crippen LogP contribution in [0.5, 0.6) is 0 Å². The van der Waals surface area contributed by atoms with E-state index in [2.05, 4.69) is 15.2 Å². The van der Waals surface area contributed by atoms with Crippen molar-refractivity contribution in [2.75, 3.05) is 31.2 Å². The molecule has 2 aromatic rings. The van der Waals surface area contributed by atoms with Gasteiger partial charge in [0.05, 0.1) is 24.8 Å². The molecule has 0 bridgehead atoms. The van der Waals surface area contributed by atoms with E-state index in [1.807, 2.05) is 0 Å². The summed E-state index contributed by atoms with van der Waals surface area (Å²) in [5.74, 6) is -1.37. The monoisotopic (exact) mass is 347 g/mol. The molecule has 1 fully saturated rings. The van der Waals surface area contributed by atoms with Crippen molar-refractivity contribution >= 4 is 11.7 Å². The third-order valence-electron chi connectivity index (χ3n) is 4.14. The van der Waals surface area contributed by atoms with E-state index in [1.165, 1.54) is 12.3 Å². The number of morpholine rings is 1. The summed E-state index contributed by atoms with van der Waals surface area (Å²) in [7, 11) is 0. The van der Waals surface area contributed by atoms with Crippen LogP contribution in [0.15, 0.2) is 36.5 Å². The van der Waals surface area contributed by atoms with Gasteiger partial charge in [-0.2, -0.15) is 0 Å². The number of rotatable bonds is 4. The summed E-state index contributed by atoms with van der Waals surface area (Å²) >= 11 is 0. The van der Waals surface area contributed by atoms with Gasteiger partial charge in [0.15, 0.2) is 11.6 Å². The first-order valence-electron chi connectivity index (χ1n) is 8.09. The third-order valence-corrected chi connectivity index (χ3v) is 4.14. The van der Waals surface area contributed by atoms with Crippen LogP contribution in [0.1, 0.15) is 28.9 Å². The molecule has 132 valence electrons. The van der Waals surface area contributed by atoms with Crippen LogP contribution in [-0.4, -0.2) is 37.2 Å². The Morgan fingerprint density at radius 3 is 2.60 bits per heavy atom. The fourth-order valence-corrected chi connectivity index (χ4v) is 2.64. The molecule has 25 heavy (non-hydrogen) atoms. The highest BCUT2D eigenvalue weighted by atomic mass is 19.2. The van der Waals surface area contributed by atoms with Crippen molar-refractivity contribution in [3.8, 4) is 0 Å². The molecule has 1 N–H and O–H groups in total. The molecule has 5 nitrogen and oxygen atoms in total. The van der Waals surface area contributed by atoms with E-state index in [0.29, 0.717) is 24.3 Å². The van der Waals surface area contributed by atoms with Crippen LogP contribution in [0, 0.1) is 11.6 Å². The number of carbonyl (C=O) groups is 1. The summed E-state index contributed by atoms with van der Waals surface area (Å²) in [6.45, 7) is 4.57. The van der Waals surface area contributed by atoms with E-state index in [9.17, 15) is 13.6 Å². The lowest BCUT2D eigenvalue weighted by Gasteiger charge is -2.27. The Bertz CT molecular complexity index is 746. The van der Waals surface area contributed by atoms with Gasteiger partial charge in [0.2, 0.25) is 0 Å². The number of halogens is 2. The third kappa shape index (κ3) is 4.11. The maximum atomic E-state index is 13.3. The van der Waals surface area contributed by atoms with Crippen molar-refractivity contribution in [3.05, 3.63) is 59.3 Å². The van der Waals surface area contributed by atoms with Gasteiger partial charge in [-0.3, -0.25) is 4.79 Å². The highest BCUT2D eigenvalue weighted by molar-refractivity contribution is 5.94. The lowest BCUT2D eigenvalue weighted by atomic mass is 10.1. The molecule has 1 aliphatic rings. The number of nitrogens with zero attached hydrogens (tertiary/aromatic N) is 2.